The van der Waals surface area contributed by atoms with Gasteiger partial charge >= 0.3 is 5.97 Å². The fraction of sp³-hybridized carbons (Fsp3) is 0.357. The molecule has 0 aromatic heterocycles. The monoisotopic (exact) mass is 375 g/mol. The molecule has 138 valence electrons. The number of likely N-dealkylation sites (N-methyl/N-ethyl adjacent to an activating group) is 1. The molecular weight excluding hydrogens is 357 g/mol. The number of esters is 1. The maximum atomic E-state index is 13.5. The van der Waals surface area contributed by atoms with Gasteiger partial charge in [0.05, 0.1) is 6.54 Å². The molecule has 1 aromatic carbocycles. The number of halogens is 1. The minimum Gasteiger partial charge on any atom is -0.455 e. The van der Waals surface area contributed by atoms with Crippen molar-refractivity contribution in [2.75, 3.05) is 33.8 Å². The lowest BCUT2D eigenvalue weighted by Gasteiger charge is -2.11. The molecule has 9 nitrogen and oxygen atoms in total. The molecule has 0 aliphatic carbocycles. The summed E-state index contributed by atoms with van der Waals surface area (Å²) in [7, 11) is -1.21. The van der Waals surface area contributed by atoms with Crippen molar-refractivity contribution in [3.05, 3.63) is 30.1 Å². The number of carbonyl (C=O) groups is 3. The van der Waals surface area contributed by atoms with Gasteiger partial charge in [0, 0.05) is 14.1 Å². The van der Waals surface area contributed by atoms with Crippen molar-refractivity contribution in [3.8, 4) is 0 Å². The van der Waals surface area contributed by atoms with Crippen LogP contribution < -0.4 is 10.0 Å². The molecule has 0 radical (unpaired) electrons. The molecule has 0 aliphatic heterocycles. The topological polar surface area (TPSA) is 122 Å². The summed E-state index contributed by atoms with van der Waals surface area (Å²) in [4.78, 5) is 34.8. The van der Waals surface area contributed by atoms with Crippen LogP contribution in [0.5, 0.6) is 0 Å². The third kappa shape index (κ3) is 6.85. The minimum absolute atomic E-state index is 0.261. The van der Waals surface area contributed by atoms with E-state index in [1.165, 1.54) is 31.1 Å². The second-order valence-corrected chi connectivity index (χ2v) is 6.72. The number of benzene rings is 1. The van der Waals surface area contributed by atoms with Crippen molar-refractivity contribution in [1.29, 1.82) is 0 Å². The van der Waals surface area contributed by atoms with Crippen LogP contribution in [0.3, 0.4) is 0 Å². The van der Waals surface area contributed by atoms with Crippen molar-refractivity contribution in [3.63, 3.8) is 0 Å². The Morgan fingerprint density at radius 2 is 1.80 bits per heavy atom. The first-order valence-corrected chi connectivity index (χ1v) is 8.48. The second-order valence-electron chi connectivity index (χ2n) is 4.98. The Balaban J connectivity index is 2.41. The molecule has 2 N–H and O–H groups in total. The number of ether oxygens (including phenoxy) is 1. The summed E-state index contributed by atoms with van der Waals surface area (Å²) in [5, 5.41) is 2.23. The third-order valence-corrected chi connectivity index (χ3v) is 4.27. The first-order valence-electron chi connectivity index (χ1n) is 7.00. The van der Waals surface area contributed by atoms with E-state index < -0.39 is 45.8 Å². The van der Waals surface area contributed by atoms with Crippen LogP contribution in [0, 0.1) is 5.82 Å². The average molecular weight is 375 g/mol. The molecule has 0 heterocycles. The minimum atomic E-state index is -4.23. The molecule has 0 spiro atoms. The molecule has 0 saturated heterocycles. The molecule has 0 saturated carbocycles. The highest BCUT2D eigenvalue weighted by Crippen LogP contribution is 2.12. The lowest BCUT2D eigenvalue weighted by atomic mass is 10.4. The highest BCUT2D eigenvalue weighted by Gasteiger charge is 2.20. The standard InChI is InChI=1S/C14H18FN3O6S/c1-18(2)13(20)7-16-12(19)9-24-14(21)8-17-25(22,23)11-6-4-3-5-10(11)15/h3-6,17H,7-9H2,1-2H3,(H,16,19). The lowest BCUT2D eigenvalue weighted by molar-refractivity contribution is -0.147. The van der Waals surface area contributed by atoms with Crippen molar-refractivity contribution < 1.29 is 31.9 Å². The zero-order valence-electron chi connectivity index (χ0n) is 13.6. The fourth-order valence-corrected chi connectivity index (χ4v) is 2.52. The molecule has 25 heavy (non-hydrogen) atoms. The maximum Gasteiger partial charge on any atom is 0.321 e. The summed E-state index contributed by atoms with van der Waals surface area (Å²) in [6.45, 7) is -1.72. The van der Waals surface area contributed by atoms with E-state index in [9.17, 15) is 27.2 Å². The van der Waals surface area contributed by atoms with Gasteiger partial charge in [-0.3, -0.25) is 14.4 Å². The second kappa shape index (κ2) is 9.08. The largest absolute Gasteiger partial charge is 0.455 e. The third-order valence-electron chi connectivity index (χ3n) is 2.83. The number of hydrogen-bond donors (Lipinski definition) is 2. The summed E-state index contributed by atoms with van der Waals surface area (Å²) in [5.74, 6) is -3.07. The van der Waals surface area contributed by atoms with E-state index in [4.69, 9.17) is 0 Å². The van der Waals surface area contributed by atoms with Gasteiger partial charge in [-0.2, -0.15) is 4.72 Å². The summed E-state index contributed by atoms with van der Waals surface area (Å²) < 4.78 is 43.6. The van der Waals surface area contributed by atoms with E-state index in [-0.39, 0.29) is 12.5 Å². The van der Waals surface area contributed by atoms with Gasteiger partial charge in [0.25, 0.3) is 5.91 Å². The summed E-state index contributed by atoms with van der Waals surface area (Å²) in [6, 6.07) is 4.65. The van der Waals surface area contributed by atoms with Crippen LogP contribution in [0.15, 0.2) is 29.2 Å². The normalized spacial score (nSPS) is 10.8. The quantitative estimate of drug-likeness (QED) is 0.554. The SMILES string of the molecule is CN(C)C(=O)CNC(=O)COC(=O)CNS(=O)(=O)c1ccccc1F. The Morgan fingerprint density at radius 1 is 1.16 bits per heavy atom. The fourth-order valence-electron chi connectivity index (χ4n) is 1.47. The Morgan fingerprint density at radius 3 is 2.40 bits per heavy atom. The zero-order valence-corrected chi connectivity index (χ0v) is 14.4. The molecule has 1 aromatic rings. The Bertz CT molecular complexity index is 751. The van der Waals surface area contributed by atoms with Gasteiger partial charge in [0.15, 0.2) is 6.61 Å². The van der Waals surface area contributed by atoms with Crippen LogP contribution in [0.25, 0.3) is 0 Å². The highest BCUT2D eigenvalue weighted by molar-refractivity contribution is 7.89. The Labute approximate surface area is 144 Å². The van der Waals surface area contributed by atoms with Crippen molar-refractivity contribution in [1.82, 2.24) is 14.9 Å². The van der Waals surface area contributed by atoms with Crippen molar-refractivity contribution in [2.24, 2.45) is 0 Å². The zero-order chi connectivity index (χ0) is 19.0. The first kappa shape index (κ1) is 20.5. The number of carbonyl (C=O) groups excluding carboxylic acids is 3. The number of hydrogen-bond acceptors (Lipinski definition) is 6. The van der Waals surface area contributed by atoms with Gasteiger partial charge in [-0.25, -0.2) is 12.8 Å². The van der Waals surface area contributed by atoms with E-state index in [1.54, 1.807) is 0 Å². The molecule has 0 aliphatic rings. The van der Waals surface area contributed by atoms with Crippen molar-refractivity contribution in [2.45, 2.75) is 4.90 Å². The van der Waals surface area contributed by atoms with Crippen LogP contribution in [0.2, 0.25) is 0 Å². The van der Waals surface area contributed by atoms with E-state index in [0.29, 0.717) is 0 Å². The molecule has 0 fully saturated rings. The molecule has 1 rings (SSSR count). The first-order chi connectivity index (χ1) is 11.6. The molecule has 11 heteroatoms. The smallest absolute Gasteiger partial charge is 0.321 e. The molecule has 2 amide bonds. The lowest BCUT2D eigenvalue weighted by Crippen LogP contribution is -2.39. The number of nitrogens with one attached hydrogen (secondary N) is 2. The van der Waals surface area contributed by atoms with Crippen molar-refractivity contribution >= 4 is 27.8 Å². The molecule has 0 atom stereocenters. The van der Waals surface area contributed by atoms with Gasteiger partial charge in [0.1, 0.15) is 17.3 Å². The van der Waals surface area contributed by atoms with Gasteiger partial charge in [-0.15, -0.1) is 0 Å². The van der Waals surface area contributed by atoms with E-state index in [2.05, 4.69) is 10.1 Å². The summed E-state index contributed by atoms with van der Waals surface area (Å²) in [5.41, 5.74) is 0. The Hall–Kier alpha value is -2.53. The number of sulfonamides is 1. The van der Waals surface area contributed by atoms with E-state index in [0.717, 1.165) is 12.1 Å². The van der Waals surface area contributed by atoms with Gasteiger partial charge < -0.3 is 15.0 Å². The van der Waals surface area contributed by atoms with Crippen LogP contribution in [-0.2, 0) is 29.1 Å². The number of nitrogens with zero attached hydrogens (tertiary/aromatic N) is 1. The highest BCUT2D eigenvalue weighted by atomic mass is 32.2. The molecular formula is C14H18FN3O6S. The number of rotatable bonds is 8. The maximum absolute atomic E-state index is 13.5. The Kier molecular flexibility index (Phi) is 7.45. The van der Waals surface area contributed by atoms with Crippen LogP contribution in [0.4, 0.5) is 4.39 Å². The number of amides is 2. The molecule has 0 bridgehead atoms. The van der Waals surface area contributed by atoms with Gasteiger partial charge in [-0.05, 0) is 12.1 Å². The average Bonchev–Trinajstić information content (AvgIpc) is 2.56. The van der Waals surface area contributed by atoms with Gasteiger partial charge in [0.2, 0.25) is 15.9 Å². The summed E-state index contributed by atoms with van der Waals surface area (Å²) >= 11 is 0. The van der Waals surface area contributed by atoms with E-state index >= 15 is 0 Å². The van der Waals surface area contributed by atoms with Crippen LogP contribution in [-0.4, -0.2) is 64.9 Å². The van der Waals surface area contributed by atoms with Gasteiger partial charge in [-0.1, -0.05) is 12.1 Å². The predicted octanol–water partition coefficient (Wildman–Crippen LogP) is -1.15. The predicted molar refractivity (Wildman–Crippen MR) is 84.3 cm³/mol. The van der Waals surface area contributed by atoms with E-state index in [1.807, 2.05) is 4.72 Å². The van der Waals surface area contributed by atoms with Crippen LogP contribution in [0.1, 0.15) is 0 Å². The van der Waals surface area contributed by atoms with Crippen LogP contribution >= 0.6 is 0 Å². The molecule has 0 unspecified atom stereocenters. The summed E-state index contributed by atoms with van der Waals surface area (Å²) in [6.07, 6.45) is 0.